The van der Waals surface area contributed by atoms with Crippen molar-refractivity contribution in [3.8, 4) is 0 Å². The van der Waals surface area contributed by atoms with Crippen molar-refractivity contribution in [2.24, 2.45) is 0 Å². The van der Waals surface area contributed by atoms with Gasteiger partial charge in [0.25, 0.3) is 5.91 Å². The third-order valence-corrected chi connectivity index (χ3v) is 7.22. The first-order chi connectivity index (χ1) is 18.3. The molecule has 0 saturated carbocycles. The molecule has 4 heterocycles. The number of aliphatic carboxylic acids is 1. The van der Waals surface area contributed by atoms with Crippen molar-refractivity contribution < 1.29 is 24.6 Å². The van der Waals surface area contributed by atoms with Crippen LogP contribution in [-0.2, 0) is 24.1 Å². The molecule has 0 bridgehead atoms. The van der Waals surface area contributed by atoms with Gasteiger partial charge in [-0.05, 0) is 68.7 Å². The fraction of sp³-hybridized carbons (Fsp3) is 0.519. The SMILES string of the molecule is CCc1cccc(C(=O)NC(C(=O)O)C2(O)CCN(C(=O)NCCCc3ccc4c(n3)NCCC4)CC2)n1. The van der Waals surface area contributed by atoms with Crippen molar-refractivity contribution >= 4 is 23.7 Å². The van der Waals surface area contributed by atoms with E-state index in [1.54, 1.807) is 17.0 Å². The Kier molecular flexibility index (Phi) is 8.77. The third kappa shape index (κ3) is 6.58. The summed E-state index contributed by atoms with van der Waals surface area (Å²) < 4.78 is 0. The number of carbonyl (C=O) groups excluding carboxylic acids is 2. The van der Waals surface area contributed by atoms with Gasteiger partial charge in [0.05, 0.1) is 5.60 Å². The van der Waals surface area contributed by atoms with E-state index in [0.29, 0.717) is 18.7 Å². The Morgan fingerprint density at radius 2 is 1.92 bits per heavy atom. The average Bonchev–Trinajstić information content (AvgIpc) is 2.93. The Labute approximate surface area is 222 Å². The molecule has 1 unspecified atom stereocenters. The molecule has 1 fully saturated rings. The first kappa shape index (κ1) is 27.3. The molecule has 1 atom stereocenters. The van der Waals surface area contributed by atoms with Crippen molar-refractivity contribution in [1.29, 1.82) is 0 Å². The highest BCUT2D eigenvalue weighted by Gasteiger charge is 2.45. The molecule has 0 aromatic carbocycles. The van der Waals surface area contributed by atoms with Crippen LogP contribution in [-0.4, -0.2) is 80.8 Å². The van der Waals surface area contributed by atoms with Crippen LogP contribution < -0.4 is 16.0 Å². The topological polar surface area (TPSA) is 157 Å². The maximum atomic E-state index is 12.7. The van der Waals surface area contributed by atoms with Crippen molar-refractivity contribution in [3.63, 3.8) is 0 Å². The zero-order chi connectivity index (χ0) is 27.1. The molecule has 0 spiro atoms. The summed E-state index contributed by atoms with van der Waals surface area (Å²) in [5.41, 5.74) is 1.34. The second-order valence-electron chi connectivity index (χ2n) is 9.88. The van der Waals surface area contributed by atoms with Gasteiger partial charge in [-0.1, -0.05) is 19.1 Å². The molecule has 11 nitrogen and oxygen atoms in total. The van der Waals surface area contributed by atoms with Crippen LogP contribution in [0, 0.1) is 0 Å². The van der Waals surface area contributed by atoms with Crippen LogP contribution in [0.3, 0.4) is 0 Å². The number of carbonyl (C=O) groups is 3. The van der Waals surface area contributed by atoms with Crippen molar-refractivity contribution in [3.05, 3.63) is 53.0 Å². The zero-order valence-corrected chi connectivity index (χ0v) is 21.7. The van der Waals surface area contributed by atoms with Gasteiger partial charge in [-0.15, -0.1) is 0 Å². The lowest BCUT2D eigenvalue weighted by atomic mass is 9.84. The number of likely N-dealkylation sites (tertiary alicyclic amines) is 1. The molecular weight excluding hydrogens is 488 g/mol. The summed E-state index contributed by atoms with van der Waals surface area (Å²) in [4.78, 5) is 47.8. The highest BCUT2D eigenvalue weighted by Crippen LogP contribution is 2.27. The smallest absolute Gasteiger partial charge is 0.329 e. The fourth-order valence-electron chi connectivity index (χ4n) is 4.90. The lowest BCUT2D eigenvalue weighted by molar-refractivity contribution is -0.149. The van der Waals surface area contributed by atoms with Crippen molar-refractivity contribution in [1.82, 2.24) is 25.5 Å². The van der Waals surface area contributed by atoms with E-state index in [2.05, 4.69) is 32.0 Å². The van der Waals surface area contributed by atoms with Gasteiger partial charge in [0.15, 0.2) is 6.04 Å². The highest BCUT2D eigenvalue weighted by molar-refractivity contribution is 5.95. The Morgan fingerprint density at radius 1 is 1.13 bits per heavy atom. The fourth-order valence-corrected chi connectivity index (χ4v) is 4.90. The van der Waals surface area contributed by atoms with Gasteiger partial charge in [0.1, 0.15) is 11.5 Å². The van der Waals surface area contributed by atoms with E-state index in [9.17, 15) is 24.6 Å². The van der Waals surface area contributed by atoms with Crippen LogP contribution in [0.1, 0.15) is 60.0 Å². The van der Waals surface area contributed by atoms with Gasteiger partial charge in [-0.3, -0.25) is 4.79 Å². The normalized spacial score (nSPS) is 17.1. The van der Waals surface area contributed by atoms with Gasteiger partial charge in [-0.2, -0.15) is 0 Å². The molecule has 11 heteroatoms. The number of nitrogens with zero attached hydrogens (tertiary/aromatic N) is 3. The molecule has 0 aliphatic carbocycles. The van der Waals surface area contributed by atoms with Crippen LogP contribution in [0.4, 0.5) is 10.6 Å². The summed E-state index contributed by atoms with van der Waals surface area (Å²) in [7, 11) is 0. The Hall–Kier alpha value is -3.73. The summed E-state index contributed by atoms with van der Waals surface area (Å²) >= 11 is 0. The number of carboxylic acid groups (broad SMARTS) is 1. The standard InChI is InChI=1S/C27H36N6O5/c1-2-19-7-3-9-21(30-19)24(34)32-22(25(35)36)27(38)12-16-33(17-13-27)26(37)29-15-5-8-20-11-10-18-6-4-14-28-23(18)31-20/h3,7,9-11,22,38H,2,4-6,8,12-17H2,1H3,(H,28,31)(H,29,37)(H,32,34)(H,35,36). The number of hydrogen-bond donors (Lipinski definition) is 5. The molecule has 4 rings (SSSR count). The quantitative estimate of drug-likeness (QED) is 0.311. The summed E-state index contributed by atoms with van der Waals surface area (Å²) in [6, 6.07) is 7.33. The van der Waals surface area contributed by atoms with E-state index in [-0.39, 0.29) is 37.7 Å². The summed E-state index contributed by atoms with van der Waals surface area (Å²) in [6.45, 7) is 3.66. The van der Waals surface area contributed by atoms with E-state index in [1.165, 1.54) is 11.6 Å². The number of aryl methyl sites for hydroxylation is 3. The first-order valence-electron chi connectivity index (χ1n) is 13.3. The van der Waals surface area contributed by atoms with Crippen LogP contribution in [0.25, 0.3) is 0 Å². The predicted octanol–water partition coefficient (Wildman–Crippen LogP) is 1.75. The maximum absolute atomic E-state index is 12.7. The minimum Gasteiger partial charge on any atom is -0.480 e. The average molecular weight is 525 g/mol. The molecule has 2 aromatic heterocycles. The molecule has 2 aliphatic rings. The molecule has 2 aromatic rings. The lowest BCUT2D eigenvalue weighted by Crippen LogP contribution is -2.62. The molecule has 2 aliphatic heterocycles. The number of amides is 3. The van der Waals surface area contributed by atoms with Crippen LogP contribution in [0.2, 0.25) is 0 Å². The number of urea groups is 1. The highest BCUT2D eigenvalue weighted by atomic mass is 16.4. The number of hydrogen-bond acceptors (Lipinski definition) is 7. The largest absolute Gasteiger partial charge is 0.480 e. The maximum Gasteiger partial charge on any atom is 0.329 e. The molecule has 3 amide bonds. The predicted molar refractivity (Wildman–Crippen MR) is 141 cm³/mol. The Morgan fingerprint density at radius 3 is 2.66 bits per heavy atom. The summed E-state index contributed by atoms with van der Waals surface area (Å²) in [5.74, 6) is -1.04. The molecular formula is C27H36N6O5. The molecule has 5 N–H and O–H groups in total. The number of aromatic nitrogens is 2. The third-order valence-electron chi connectivity index (χ3n) is 7.22. The van der Waals surface area contributed by atoms with E-state index in [1.807, 2.05) is 13.0 Å². The number of aliphatic hydroxyl groups is 1. The summed E-state index contributed by atoms with van der Waals surface area (Å²) in [6.07, 6.45) is 4.30. The number of anilines is 1. The van der Waals surface area contributed by atoms with Gasteiger partial charge in [-0.25, -0.2) is 19.6 Å². The second kappa shape index (κ2) is 12.2. The number of rotatable bonds is 9. The van der Waals surface area contributed by atoms with Crippen molar-refractivity contribution in [2.75, 3.05) is 31.5 Å². The minimum absolute atomic E-state index is 0.0200. The zero-order valence-electron chi connectivity index (χ0n) is 21.7. The van der Waals surface area contributed by atoms with Crippen LogP contribution in [0.15, 0.2) is 30.3 Å². The molecule has 38 heavy (non-hydrogen) atoms. The minimum atomic E-state index is -1.69. The van der Waals surface area contributed by atoms with Crippen LogP contribution in [0.5, 0.6) is 0 Å². The summed E-state index contributed by atoms with van der Waals surface area (Å²) in [5, 5.41) is 29.6. The number of fused-ring (bicyclic) bond motifs is 1. The van der Waals surface area contributed by atoms with E-state index < -0.39 is 23.5 Å². The number of carboxylic acids is 1. The first-order valence-corrected chi connectivity index (χ1v) is 13.3. The molecule has 1 saturated heterocycles. The monoisotopic (exact) mass is 524 g/mol. The number of nitrogens with one attached hydrogen (secondary N) is 3. The Bertz CT molecular complexity index is 1160. The van der Waals surface area contributed by atoms with E-state index >= 15 is 0 Å². The molecule has 0 radical (unpaired) electrons. The molecule has 204 valence electrons. The van der Waals surface area contributed by atoms with E-state index in [0.717, 1.165) is 43.7 Å². The van der Waals surface area contributed by atoms with Crippen LogP contribution >= 0.6 is 0 Å². The Balaban J connectivity index is 1.24. The second-order valence-corrected chi connectivity index (χ2v) is 9.88. The lowest BCUT2D eigenvalue weighted by Gasteiger charge is -2.41. The number of pyridine rings is 2. The van der Waals surface area contributed by atoms with Gasteiger partial charge < -0.3 is 31.1 Å². The number of piperidine rings is 1. The van der Waals surface area contributed by atoms with Gasteiger partial charge >= 0.3 is 12.0 Å². The van der Waals surface area contributed by atoms with Gasteiger partial charge in [0.2, 0.25) is 0 Å². The van der Waals surface area contributed by atoms with Crippen molar-refractivity contribution in [2.45, 2.75) is 63.5 Å². The van der Waals surface area contributed by atoms with E-state index in [4.69, 9.17) is 0 Å². The van der Waals surface area contributed by atoms with Gasteiger partial charge in [0, 0.05) is 37.6 Å².